The topological polar surface area (TPSA) is 78.9 Å². The van der Waals surface area contributed by atoms with Gasteiger partial charge in [0, 0.05) is 19.3 Å². The summed E-state index contributed by atoms with van der Waals surface area (Å²) in [5.41, 5.74) is 0. The minimum Gasteiger partial charge on any atom is -0.462 e. The molecule has 6 heteroatoms. The van der Waals surface area contributed by atoms with Gasteiger partial charge in [-0.2, -0.15) is 0 Å². The quantitative estimate of drug-likeness (QED) is 0.0261. The van der Waals surface area contributed by atoms with E-state index in [-0.39, 0.29) is 37.5 Å². The molecule has 0 fully saturated rings. The lowest BCUT2D eigenvalue weighted by Gasteiger charge is -2.18. The van der Waals surface area contributed by atoms with Crippen LogP contribution in [0.3, 0.4) is 0 Å². The summed E-state index contributed by atoms with van der Waals surface area (Å²) in [7, 11) is 0. The first-order valence-electron chi connectivity index (χ1n) is 33.5. The van der Waals surface area contributed by atoms with Crippen molar-refractivity contribution in [3.63, 3.8) is 0 Å². The fourth-order valence-corrected chi connectivity index (χ4v) is 8.80. The Morgan fingerprint density at radius 3 is 0.780 bits per heavy atom. The van der Waals surface area contributed by atoms with Gasteiger partial charge < -0.3 is 14.2 Å². The molecule has 0 radical (unpaired) electrons. The van der Waals surface area contributed by atoms with Crippen molar-refractivity contribution in [1.29, 1.82) is 0 Å². The third-order valence-electron chi connectivity index (χ3n) is 13.7. The van der Waals surface area contributed by atoms with Crippen LogP contribution in [0.4, 0.5) is 0 Å². The van der Waals surface area contributed by atoms with Gasteiger partial charge in [0.05, 0.1) is 0 Å². The molecule has 0 amide bonds. The fraction of sp³-hybridized carbons (Fsp3) is 0.618. The molecule has 0 aromatic heterocycles. The van der Waals surface area contributed by atoms with E-state index in [0.717, 1.165) is 148 Å². The van der Waals surface area contributed by atoms with Crippen LogP contribution in [0.2, 0.25) is 0 Å². The Morgan fingerprint density at radius 2 is 0.476 bits per heavy atom. The Morgan fingerprint density at radius 1 is 0.256 bits per heavy atom. The average molecular weight is 1130 g/mol. The van der Waals surface area contributed by atoms with Crippen molar-refractivity contribution < 1.29 is 28.6 Å². The van der Waals surface area contributed by atoms with Gasteiger partial charge in [-0.15, -0.1) is 0 Å². The van der Waals surface area contributed by atoms with Crippen LogP contribution in [0.5, 0.6) is 0 Å². The maximum atomic E-state index is 12.9. The first-order valence-corrected chi connectivity index (χ1v) is 33.5. The number of hydrogen-bond donors (Lipinski definition) is 0. The van der Waals surface area contributed by atoms with Crippen LogP contribution in [0, 0.1) is 0 Å². The van der Waals surface area contributed by atoms with Crippen molar-refractivity contribution in [2.75, 3.05) is 13.2 Å². The number of carbonyl (C=O) groups is 3. The normalized spacial score (nSPS) is 13.2. The third-order valence-corrected chi connectivity index (χ3v) is 13.7. The molecule has 0 aliphatic rings. The summed E-state index contributed by atoms with van der Waals surface area (Å²) in [6, 6.07) is 0. The second kappa shape index (κ2) is 68.5. The van der Waals surface area contributed by atoms with E-state index in [2.05, 4.69) is 179 Å². The Labute approximate surface area is 505 Å². The molecule has 462 valence electrons. The zero-order valence-corrected chi connectivity index (χ0v) is 52.9. The van der Waals surface area contributed by atoms with Crippen molar-refractivity contribution in [3.05, 3.63) is 158 Å². The zero-order valence-electron chi connectivity index (χ0n) is 52.9. The molecule has 0 spiro atoms. The van der Waals surface area contributed by atoms with Gasteiger partial charge in [-0.25, -0.2) is 0 Å². The molecule has 0 rings (SSSR count). The summed E-state index contributed by atoms with van der Waals surface area (Å²) in [4.78, 5) is 38.2. The molecule has 0 aliphatic carbocycles. The summed E-state index contributed by atoms with van der Waals surface area (Å²) in [6.07, 6.45) is 99.9. The van der Waals surface area contributed by atoms with E-state index >= 15 is 0 Å². The number of esters is 3. The molecule has 1 atom stereocenters. The number of carbonyl (C=O) groups excluding carboxylic acids is 3. The van der Waals surface area contributed by atoms with E-state index in [1.54, 1.807) is 0 Å². The Hall–Kier alpha value is -4.97. The minimum absolute atomic E-state index is 0.103. The third kappa shape index (κ3) is 65.8. The van der Waals surface area contributed by atoms with Gasteiger partial charge in [0.15, 0.2) is 6.10 Å². The van der Waals surface area contributed by atoms with Crippen LogP contribution in [-0.4, -0.2) is 37.2 Å². The van der Waals surface area contributed by atoms with E-state index in [4.69, 9.17) is 14.2 Å². The van der Waals surface area contributed by atoms with Gasteiger partial charge >= 0.3 is 17.9 Å². The number of ether oxygens (including phenoxy) is 3. The monoisotopic (exact) mass is 1130 g/mol. The highest BCUT2D eigenvalue weighted by Gasteiger charge is 2.19. The Kier molecular flexibility index (Phi) is 64.4. The molecule has 0 aromatic rings. The highest BCUT2D eigenvalue weighted by Crippen LogP contribution is 2.16. The van der Waals surface area contributed by atoms with Crippen molar-refractivity contribution in [2.24, 2.45) is 0 Å². The average Bonchev–Trinajstić information content (AvgIpc) is 3.48. The highest BCUT2D eigenvalue weighted by molar-refractivity contribution is 5.71. The van der Waals surface area contributed by atoms with Gasteiger partial charge in [0.25, 0.3) is 0 Å². The number of allylic oxidation sites excluding steroid dienone is 26. The van der Waals surface area contributed by atoms with E-state index in [0.29, 0.717) is 19.3 Å². The first-order chi connectivity index (χ1) is 40.5. The van der Waals surface area contributed by atoms with Gasteiger partial charge in [-0.1, -0.05) is 281 Å². The molecule has 6 nitrogen and oxygen atoms in total. The van der Waals surface area contributed by atoms with E-state index in [1.807, 2.05) is 0 Å². The highest BCUT2D eigenvalue weighted by atomic mass is 16.6. The van der Waals surface area contributed by atoms with Gasteiger partial charge in [0.2, 0.25) is 0 Å². The Bertz CT molecular complexity index is 1830. The second-order valence-electron chi connectivity index (χ2n) is 21.6. The molecule has 0 saturated heterocycles. The molecule has 0 saturated carbocycles. The zero-order chi connectivity index (χ0) is 59.2. The van der Waals surface area contributed by atoms with Gasteiger partial charge in [-0.05, 0) is 141 Å². The maximum Gasteiger partial charge on any atom is 0.306 e. The van der Waals surface area contributed by atoms with Crippen LogP contribution in [0.1, 0.15) is 284 Å². The number of rotatable bonds is 59. The fourth-order valence-electron chi connectivity index (χ4n) is 8.80. The van der Waals surface area contributed by atoms with Crippen LogP contribution in [0.15, 0.2) is 158 Å². The summed E-state index contributed by atoms with van der Waals surface area (Å²) >= 11 is 0. The molecule has 82 heavy (non-hydrogen) atoms. The lowest BCUT2D eigenvalue weighted by molar-refractivity contribution is -0.167. The summed E-state index contributed by atoms with van der Waals surface area (Å²) in [5, 5.41) is 0. The van der Waals surface area contributed by atoms with E-state index in [1.165, 1.54) is 89.9 Å². The van der Waals surface area contributed by atoms with Crippen LogP contribution in [-0.2, 0) is 28.6 Å². The lowest BCUT2D eigenvalue weighted by atomic mass is 10.0. The SMILES string of the molecule is CC/C=C\C/C=C\C/C=C\C/C=C\C/C=C\C/C=C\CCCCCCCCCCCCCCCCC(=O)OCC(COC(=O)CCCCCCC/C=C\CCC)OC(=O)CCCC/C=C\C/C=C\C/C=C\C/C=C\C/C=C\C/C=C\CC. The van der Waals surface area contributed by atoms with Crippen molar-refractivity contribution in [2.45, 2.75) is 290 Å². The molecule has 0 aromatic carbocycles. The lowest BCUT2D eigenvalue weighted by Crippen LogP contribution is -2.30. The van der Waals surface area contributed by atoms with Crippen LogP contribution in [0.25, 0.3) is 0 Å². The molecular formula is C76H122O6. The van der Waals surface area contributed by atoms with Gasteiger partial charge in [-0.3, -0.25) is 14.4 Å². The van der Waals surface area contributed by atoms with E-state index in [9.17, 15) is 14.4 Å². The predicted molar refractivity (Wildman–Crippen MR) is 357 cm³/mol. The van der Waals surface area contributed by atoms with Gasteiger partial charge in [0.1, 0.15) is 13.2 Å². The van der Waals surface area contributed by atoms with E-state index < -0.39 is 6.10 Å². The molecule has 1 unspecified atom stereocenters. The largest absolute Gasteiger partial charge is 0.462 e. The van der Waals surface area contributed by atoms with Crippen molar-refractivity contribution >= 4 is 17.9 Å². The summed E-state index contributed by atoms with van der Waals surface area (Å²) in [6.45, 7) is 6.31. The Balaban J connectivity index is 4.25. The molecular weight excluding hydrogens is 1010 g/mol. The summed E-state index contributed by atoms with van der Waals surface area (Å²) < 4.78 is 16.9. The smallest absolute Gasteiger partial charge is 0.306 e. The minimum atomic E-state index is -0.811. The molecule has 0 N–H and O–H groups in total. The van der Waals surface area contributed by atoms with Crippen molar-refractivity contribution in [1.82, 2.24) is 0 Å². The maximum absolute atomic E-state index is 12.9. The second-order valence-corrected chi connectivity index (χ2v) is 21.6. The molecule has 0 heterocycles. The van der Waals surface area contributed by atoms with Crippen molar-refractivity contribution in [3.8, 4) is 0 Å². The number of hydrogen-bond acceptors (Lipinski definition) is 6. The predicted octanol–water partition coefficient (Wildman–Crippen LogP) is 23.3. The molecule has 0 aliphatic heterocycles. The summed E-state index contributed by atoms with van der Waals surface area (Å²) in [5.74, 6) is -0.959. The first kappa shape index (κ1) is 77.0. The van der Waals surface area contributed by atoms with Crippen LogP contribution >= 0.6 is 0 Å². The molecule has 0 bridgehead atoms. The number of unbranched alkanes of at least 4 members (excludes halogenated alkanes) is 22. The standard InChI is InChI=1S/C76H122O6/c1-4-7-10-13-16-19-22-24-26-28-30-32-33-34-35-36-37-38-39-40-41-42-43-45-46-48-50-52-54-57-60-63-66-69-75(78)81-72-73(71-80-74(77)68-65-62-59-56-21-18-15-12-9-6-3)82-76(79)70-67-64-61-58-55-53-51-49-47-44-31-29-27-25-23-20-17-14-11-8-5-2/h7-8,10-12,15-17,19-20,24-27,30-32,34-35,37-38,44,49,51,55,58,73H,4-6,9,13-14,18,21-23,28-29,33,36,39-43,45-48,50,52-54,56-57,59-72H2,1-3H3/b10-7-,11-8-,15-12-,19-16-,20-17-,26-24-,27-25-,32-30-,35-34-,38-37-,44-31-,51-49-,58-55-. The van der Waals surface area contributed by atoms with Crippen LogP contribution < -0.4 is 0 Å².